The third-order valence-electron chi connectivity index (χ3n) is 1.91. The number of carbonyl (C=O) groups is 1. The molecular weight excluding hydrogens is 261 g/mol. The third-order valence-corrected chi connectivity index (χ3v) is 1.91. The van der Waals surface area contributed by atoms with E-state index in [-0.39, 0.29) is 18.9 Å². The van der Waals surface area contributed by atoms with Crippen molar-refractivity contribution in [2.45, 2.75) is 0 Å². The minimum atomic E-state index is -2.04. The molecular formula is C7H2LiN3O8. The monoisotopic (exact) mass is 263 g/mol. The molecule has 0 aliphatic carbocycles. The number of carboxylic acid groups (broad SMARTS) is 1. The van der Waals surface area contributed by atoms with E-state index in [2.05, 4.69) is 0 Å². The second-order valence-corrected chi connectivity index (χ2v) is 2.89. The minimum Gasteiger partial charge on any atom is -0.545 e. The van der Waals surface area contributed by atoms with E-state index in [0.29, 0.717) is 12.1 Å². The first kappa shape index (κ1) is 16.5. The van der Waals surface area contributed by atoms with Crippen LogP contribution in [0, 0.1) is 30.3 Å². The molecule has 0 aliphatic heterocycles. The summed E-state index contributed by atoms with van der Waals surface area (Å²) >= 11 is 0. The van der Waals surface area contributed by atoms with E-state index in [1.807, 2.05) is 0 Å². The Bertz CT molecular complexity index is 535. The first-order valence-electron chi connectivity index (χ1n) is 4.09. The number of carbonyl (C=O) groups excluding carboxylic acids is 1. The standard InChI is InChI=1S/C7H3N3O8.Li/c11-7(12)3-1-2-4(8(13)14)6(10(17)18)5(3)9(15)16;/h1-2H,(H,11,12);/q;+1/p-1. The fourth-order valence-corrected chi connectivity index (χ4v) is 1.25. The van der Waals surface area contributed by atoms with Gasteiger partial charge in [-0.25, -0.2) is 0 Å². The fraction of sp³-hybridized carbons (Fsp3) is 0. The van der Waals surface area contributed by atoms with Crippen LogP contribution in [0.4, 0.5) is 17.1 Å². The van der Waals surface area contributed by atoms with Crippen LogP contribution in [-0.2, 0) is 0 Å². The van der Waals surface area contributed by atoms with Crippen LogP contribution in [0.25, 0.3) is 0 Å². The quantitative estimate of drug-likeness (QED) is 0.310. The topological polar surface area (TPSA) is 170 Å². The summed E-state index contributed by atoms with van der Waals surface area (Å²) in [5.74, 6) is -2.04. The Kier molecular flexibility index (Phi) is 5.11. The van der Waals surface area contributed by atoms with Gasteiger partial charge >= 0.3 is 35.9 Å². The van der Waals surface area contributed by atoms with Crippen LogP contribution < -0.4 is 24.0 Å². The summed E-state index contributed by atoms with van der Waals surface area (Å²) in [7, 11) is 0. The van der Waals surface area contributed by atoms with E-state index in [1.54, 1.807) is 0 Å². The van der Waals surface area contributed by atoms with Gasteiger partial charge in [0.1, 0.15) is 0 Å². The molecule has 1 aromatic carbocycles. The van der Waals surface area contributed by atoms with Gasteiger partial charge in [0.15, 0.2) is 0 Å². The summed E-state index contributed by atoms with van der Waals surface area (Å²) < 4.78 is 0. The molecule has 11 nitrogen and oxygen atoms in total. The average Bonchev–Trinajstić information content (AvgIpc) is 2.26. The van der Waals surface area contributed by atoms with Crippen molar-refractivity contribution >= 4 is 23.0 Å². The molecule has 0 unspecified atom stereocenters. The van der Waals surface area contributed by atoms with Gasteiger partial charge in [-0.1, -0.05) is 0 Å². The normalized spacial score (nSPS) is 9.26. The van der Waals surface area contributed by atoms with Gasteiger partial charge in [-0.05, 0) is 6.07 Å². The Morgan fingerprint density at radius 1 is 0.895 bits per heavy atom. The summed E-state index contributed by atoms with van der Waals surface area (Å²) in [5.41, 5.74) is -5.24. The maximum Gasteiger partial charge on any atom is 1.00 e. The Balaban J connectivity index is 0.00000324. The molecule has 0 N–H and O–H groups in total. The second-order valence-electron chi connectivity index (χ2n) is 2.89. The van der Waals surface area contributed by atoms with Crippen molar-refractivity contribution in [3.05, 3.63) is 48.0 Å². The zero-order valence-corrected chi connectivity index (χ0v) is 9.26. The molecule has 0 bridgehead atoms. The largest absolute Gasteiger partial charge is 1.00 e. The van der Waals surface area contributed by atoms with Gasteiger partial charge in [-0.2, -0.15) is 0 Å². The van der Waals surface area contributed by atoms with Crippen LogP contribution in [0.2, 0.25) is 0 Å². The smallest absolute Gasteiger partial charge is 0.545 e. The molecule has 0 heterocycles. The Morgan fingerprint density at radius 3 is 1.68 bits per heavy atom. The number of carboxylic acids is 1. The van der Waals surface area contributed by atoms with Gasteiger partial charge in [0.2, 0.25) is 0 Å². The Morgan fingerprint density at radius 2 is 1.37 bits per heavy atom. The van der Waals surface area contributed by atoms with Crippen molar-refractivity contribution in [3.63, 3.8) is 0 Å². The van der Waals surface area contributed by atoms with Crippen molar-refractivity contribution in [3.8, 4) is 0 Å². The molecule has 0 spiro atoms. The summed E-state index contributed by atoms with van der Waals surface area (Å²) in [6.45, 7) is 0. The zero-order chi connectivity index (χ0) is 14.0. The predicted octanol–water partition coefficient (Wildman–Crippen LogP) is -3.22. The van der Waals surface area contributed by atoms with Gasteiger partial charge in [-0.3, -0.25) is 30.3 Å². The molecule has 1 aromatic rings. The number of nitro benzene ring substituents is 3. The second kappa shape index (κ2) is 5.89. The minimum absolute atomic E-state index is 0. The van der Waals surface area contributed by atoms with Crippen LogP contribution in [0.1, 0.15) is 10.4 Å². The maximum absolute atomic E-state index is 10.6. The molecule has 0 aromatic heterocycles. The average molecular weight is 263 g/mol. The Labute approximate surface area is 115 Å². The van der Waals surface area contributed by atoms with Gasteiger partial charge in [0.05, 0.1) is 26.3 Å². The van der Waals surface area contributed by atoms with Gasteiger partial charge in [-0.15, -0.1) is 0 Å². The number of rotatable bonds is 4. The molecule has 0 saturated carbocycles. The van der Waals surface area contributed by atoms with Crippen LogP contribution >= 0.6 is 0 Å². The fourth-order valence-electron chi connectivity index (χ4n) is 1.25. The van der Waals surface area contributed by atoms with Crippen molar-refractivity contribution in [2.24, 2.45) is 0 Å². The predicted molar refractivity (Wildman–Crippen MR) is 50.7 cm³/mol. The number of nitrogens with zero attached hydrogens (tertiary/aromatic N) is 3. The molecule has 19 heavy (non-hydrogen) atoms. The number of hydrogen-bond donors (Lipinski definition) is 0. The van der Waals surface area contributed by atoms with Crippen LogP contribution in [0.5, 0.6) is 0 Å². The number of benzene rings is 1. The first-order chi connectivity index (χ1) is 8.27. The summed E-state index contributed by atoms with van der Waals surface area (Å²) in [5, 5.41) is 42.3. The molecule has 0 saturated heterocycles. The summed E-state index contributed by atoms with van der Waals surface area (Å²) in [6.07, 6.45) is 0. The number of hydrogen-bond acceptors (Lipinski definition) is 8. The molecule has 0 fully saturated rings. The van der Waals surface area contributed by atoms with E-state index in [9.17, 15) is 40.2 Å². The zero-order valence-electron chi connectivity index (χ0n) is 9.26. The van der Waals surface area contributed by atoms with E-state index in [4.69, 9.17) is 0 Å². The molecule has 0 radical (unpaired) electrons. The number of nitro groups is 3. The van der Waals surface area contributed by atoms with Crippen molar-refractivity contribution in [2.75, 3.05) is 0 Å². The van der Waals surface area contributed by atoms with Gasteiger partial charge in [0.25, 0.3) is 0 Å². The number of aromatic carboxylic acids is 1. The summed E-state index contributed by atoms with van der Waals surface area (Å²) in [4.78, 5) is 38.3. The summed E-state index contributed by atoms with van der Waals surface area (Å²) in [6, 6.07) is 1.01. The molecule has 94 valence electrons. The third kappa shape index (κ3) is 3.03. The molecule has 12 heteroatoms. The van der Waals surface area contributed by atoms with Crippen molar-refractivity contribution < 1.29 is 43.5 Å². The molecule has 0 aliphatic rings. The van der Waals surface area contributed by atoms with E-state index < -0.39 is 43.4 Å². The SMILES string of the molecule is O=C([O-])c1ccc([N+](=O)[O-])c([N+](=O)[O-])c1[N+](=O)[O-].[Li+]. The van der Waals surface area contributed by atoms with E-state index >= 15 is 0 Å². The Hall–Kier alpha value is -2.51. The first-order valence-corrected chi connectivity index (χ1v) is 4.09. The van der Waals surface area contributed by atoms with Crippen molar-refractivity contribution in [1.29, 1.82) is 0 Å². The maximum atomic E-state index is 10.6. The van der Waals surface area contributed by atoms with Gasteiger partial charge < -0.3 is 9.90 Å². The van der Waals surface area contributed by atoms with Gasteiger partial charge in [0, 0.05) is 6.07 Å². The van der Waals surface area contributed by atoms with E-state index in [0.717, 1.165) is 0 Å². The molecule has 0 atom stereocenters. The van der Waals surface area contributed by atoms with Crippen LogP contribution in [-0.4, -0.2) is 20.7 Å². The van der Waals surface area contributed by atoms with Crippen molar-refractivity contribution in [1.82, 2.24) is 0 Å². The van der Waals surface area contributed by atoms with Crippen LogP contribution in [0.15, 0.2) is 12.1 Å². The van der Waals surface area contributed by atoms with E-state index in [1.165, 1.54) is 0 Å². The molecule has 1 rings (SSSR count). The van der Waals surface area contributed by atoms with Crippen LogP contribution in [0.3, 0.4) is 0 Å². The molecule has 0 amide bonds.